The highest BCUT2D eigenvalue weighted by Crippen LogP contribution is 2.48. The number of nitrogen functional groups attached to an aromatic ring is 2. The molecule has 1 aliphatic carbocycles. The van der Waals surface area contributed by atoms with Crippen molar-refractivity contribution in [2.24, 2.45) is 5.92 Å². The smallest absolute Gasteiger partial charge is 0.0316 e. The average molecular weight is 531 g/mol. The van der Waals surface area contributed by atoms with Crippen LogP contribution in [0.15, 0.2) is 84.9 Å². The van der Waals surface area contributed by atoms with Crippen molar-refractivity contribution >= 4 is 11.4 Å². The van der Waals surface area contributed by atoms with E-state index < -0.39 is 0 Å². The molecule has 2 nitrogen and oxygen atoms in total. The first kappa shape index (κ1) is 28.0. The molecule has 0 aromatic heterocycles. The maximum Gasteiger partial charge on any atom is 0.0316 e. The second-order valence-corrected chi connectivity index (χ2v) is 12.4. The molecule has 2 heteroatoms. The largest absolute Gasteiger partial charge is 0.399 e. The van der Waals surface area contributed by atoms with Gasteiger partial charge in [0.25, 0.3) is 0 Å². The fourth-order valence-electron chi connectivity index (χ4n) is 7.23. The van der Waals surface area contributed by atoms with Crippen LogP contribution < -0.4 is 11.5 Å². The van der Waals surface area contributed by atoms with E-state index in [0.717, 1.165) is 17.3 Å². The lowest BCUT2D eigenvalue weighted by Gasteiger charge is -2.41. The van der Waals surface area contributed by atoms with Gasteiger partial charge in [-0.2, -0.15) is 0 Å². The molecule has 0 bridgehead atoms. The van der Waals surface area contributed by atoms with Crippen molar-refractivity contribution in [1.29, 1.82) is 0 Å². The molecular formula is C38H46N2. The molecule has 4 N–H and O–H groups in total. The van der Waals surface area contributed by atoms with Crippen LogP contribution in [-0.2, 0) is 5.41 Å². The summed E-state index contributed by atoms with van der Waals surface area (Å²) in [5.41, 5.74) is 24.6. The number of benzene rings is 4. The summed E-state index contributed by atoms with van der Waals surface area (Å²) in [5, 5.41) is 0. The summed E-state index contributed by atoms with van der Waals surface area (Å²) in [7, 11) is 0. The van der Waals surface area contributed by atoms with Gasteiger partial charge in [-0.05, 0) is 114 Å². The van der Waals surface area contributed by atoms with Gasteiger partial charge in [0.15, 0.2) is 0 Å². The monoisotopic (exact) mass is 530 g/mol. The number of anilines is 2. The number of rotatable bonds is 7. The van der Waals surface area contributed by atoms with Gasteiger partial charge in [-0.1, -0.05) is 87.9 Å². The lowest BCUT2D eigenvalue weighted by atomic mass is 9.62. The molecule has 0 spiro atoms. The lowest BCUT2D eigenvalue weighted by Crippen LogP contribution is -2.33. The Morgan fingerprint density at radius 3 is 1.40 bits per heavy atom. The summed E-state index contributed by atoms with van der Waals surface area (Å²) in [5.74, 6) is 1.51. The zero-order chi connectivity index (χ0) is 28.4. The maximum atomic E-state index is 6.02. The highest BCUT2D eigenvalue weighted by Gasteiger charge is 2.38. The van der Waals surface area contributed by atoms with E-state index in [9.17, 15) is 0 Å². The van der Waals surface area contributed by atoms with Crippen molar-refractivity contribution in [3.05, 3.63) is 129 Å². The van der Waals surface area contributed by atoms with Crippen LogP contribution >= 0.6 is 0 Å². The van der Waals surface area contributed by atoms with Crippen LogP contribution in [-0.4, -0.2) is 0 Å². The van der Waals surface area contributed by atoms with E-state index in [1.807, 2.05) is 12.1 Å². The topological polar surface area (TPSA) is 52.0 Å². The molecule has 0 aliphatic heterocycles. The predicted octanol–water partition coefficient (Wildman–Crippen LogP) is 9.66. The van der Waals surface area contributed by atoms with Gasteiger partial charge in [0, 0.05) is 28.6 Å². The zero-order valence-electron chi connectivity index (χ0n) is 25.0. The van der Waals surface area contributed by atoms with Crippen LogP contribution in [0, 0.1) is 19.8 Å². The summed E-state index contributed by atoms with van der Waals surface area (Å²) in [4.78, 5) is 0. The van der Waals surface area contributed by atoms with Crippen molar-refractivity contribution in [3.8, 4) is 0 Å². The Bertz CT molecular complexity index is 1340. The quantitative estimate of drug-likeness (QED) is 0.234. The molecule has 0 radical (unpaired) electrons. The van der Waals surface area contributed by atoms with Crippen LogP contribution in [0.2, 0.25) is 0 Å². The Hall–Kier alpha value is -3.52. The minimum absolute atomic E-state index is 0.0729. The van der Waals surface area contributed by atoms with Gasteiger partial charge in [0.05, 0.1) is 0 Å². The molecule has 0 amide bonds. The molecule has 1 saturated carbocycles. The number of aryl methyl sites for hydroxylation is 2. The Balaban J connectivity index is 1.46. The minimum Gasteiger partial charge on any atom is -0.399 e. The van der Waals surface area contributed by atoms with Gasteiger partial charge < -0.3 is 11.5 Å². The molecule has 2 unspecified atom stereocenters. The van der Waals surface area contributed by atoms with Crippen LogP contribution in [0.1, 0.15) is 109 Å². The van der Waals surface area contributed by atoms with Gasteiger partial charge in [-0.25, -0.2) is 0 Å². The highest BCUT2D eigenvalue weighted by atomic mass is 14.5. The van der Waals surface area contributed by atoms with E-state index in [4.69, 9.17) is 11.5 Å². The van der Waals surface area contributed by atoms with E-state index in [1.54, 1.807) is 0 Å². The molecule has 1 fully saturated rings. The molecule has 1 aliphatic rings. The van der Waals surface area contributed by atoms with E-state index in [2.05, 4.69) is 107 Å². The molecule has 208 valence electrons. The van der Waals surface area contributed by atoms with Crippen LogP contribution in [0.3, 0.4) is 0 Å². The molecule has 2 atom stereocenters. The summed E-state index contributed by atoms with van der Waals surface area (Å²) in [6.45, 7) is 11.3. The number of hydrogen-bond acceptors (Lipinski definition) is 2. The summed E-state index contributed by atoms with van der Waals surface area (Å²) in [6, 6.07) is 31.7. The van der Waals surface area contributed by atoms with Crippen LogP contribution in [0.5, 0.6) is 0 Å². The van der Waals surface area contributed by atoms with Crippen molar-refractivity contribution in [2.75, 3.05) is 11.5 Å². The first-order chi connectivity index (χ1) is 19.2. The standard InChI is InChI=1S/C38H46N2/c1-6-29-19-21-38(22-20-29,32-11-7-30(8-12-32)27(4)36-17-15-34(39)23-25(36)2)33-13-9-31(10-14-33)28(5)37-18-16-35(40)24-26(37)3/h7-18,23-24,27-29H,6,19-22,39-40H2,1-5H3. The second kappa shape index (κ2) is 11.5. The van der Waals surface area contributed by atoms with E-state index in [-0.39, 0.29) is 5.41 Å². The maximum absolute atomic E-state index is 6.02. The molecular weight excluding hydrogens is 484 g/mol. The van der Waals surface area contributed by atoms with Gasteiger partial charge >= 0.3 is 0 Å². The van der Waals surface area contributed by atoms with Crippen molar-refractivity contribution in [2.45, 2.75) is 84.0 Å². The van der Waals surface area contributed by atoms with Gasteiger partial charge in [0.1, 0.15) is 0 Å². The highest BCUT2D eigenvalue weighted by molar-refractivity contribution is 5.50. The Kier molecular flexibility index (Phi) is 8.08. The third-order valence-electron chi connectivity index (χ3n) is 9.98. The van der Waals surface area contributed by atoms with E-state index in [0.29, 0.717) is 11.8 Å². The van der Waals surface area contributed by atoms with Gasteiger partial charge in [-0.3, -0.25) is 0 Å². The van der Waals surface area contributed by atoms with E-state index >= 15 is 0 Å². The van der Waals surface area contributed by atoms with Gasteiger partial charge in [-0.15, -0.1) is 0 Å². The average Bonchev–Trinajstić information content (AvgIpc) is 2.97. The SMILES string of the molecule is CCC1CCC(c2ccc(C(C)c3ccc(N)cc3C)cc2)(c2ccc(C(C)c3ccc(N)cc3C)cc2)CC1. The molecule has 4 aromatic carbocycles. The summed E-state index contributed by atoms with van der Waals surface area (Å²) >= 11 is 0. The second-order valence-electron chi connectivity index (χ2n) is 12.4. The Morgan fingerprint density at radius 2 is 1.05 bits per heavy atom. The molecule has 5 rings (SSSR count). The van der Waals surface area contributed by atoms with Crippen LogP contribution in [0.25, 0.3) is 0 Å². The zero-order valence-corrected chi connectivity index (χ0v) is 25.0. The van der Waals surface area contributed by atoms with Crippen LogP contribution in [0.4, 0.5) is 11.4 Å². The molecule has 4 aromatic rings. The lowest BCUT2D eigenvalue weighted by molar-refractivity contribution is 0.260. The first-order valence-electron chi connectivity index (χ1n) is 15.1. The molecule has 0 saturated heterocycles. The number of nitrogens with two attached hydrogens (primary N) is 2. The van der Waals surface area contributed by atoms with Crippen molar-refractivity contribution in [1.82, 2.24) is 0 Å². The predicted molar refractivity (Wildman–Crippen MR) is 172 cm³/mol. The summed E-state index contributed by atoms with van der Waals surface area (Å²) in [6.07, 6.45) is 6.29. The number of hydrogen-bond donors (Lipinski definition) is 2. The third kappa shape index (κ3) is 5.42. The van der Waals surface area contributed by atoms with Gasteiger partial charge in [0.2, 0.25) is 0 Å². The normalized spacial score (nSPS) is 20.7. The van der Waals surface area contributed by atoms with Crippen molar-refractivity contribution < 1.29 is 0 Å². The fraction of sp³-hybridized carbons (Fsp3) is 0.368. The third-order valence-corrected chi connectivity index (χ3v) is 9.98. The fourth-order valence-corrected chi connectivity index (χ4v) is 7.23. The minimum atomic E-state index is 0.0729. The molecule has 0 heterocycles. The van der Waals surface area contributed by atoms with E-state index in [1.165, 1.54) is 76.6 Å². The summed E-state index contributed by atoms with van der Waals surface area (Å²) < 4.78 is 0. The Morgan fingerprint density at radius 1 is 0.650 bits per heavy atom. The molecule has 40 heavy (non-hydrogen) atoms. The van der Waals surface area contributed by atoms with Crippen molar-refractivity contribution in [3.63, 3.8) is 0 Å². The first-order valence-corrected chi connectivity index (χ1v) is 15.1. The Labute approximate surface area is 241 Å².